The standard InChI is InChI=1S/C12H9F3O6S.C11H10O4/c1-2-19-11(16)9-6-20-10-5-7(3-4-8(9)10)21-22(17,18)12(13,14)15;1-2-14-11(13)9-6-15-10-5-7(12)3-4-8(9)10/h3-6H,2H2,1H3;3-6,12H,2H2,1H3. The first-order valence-corrected chi connectivity index (χ1v) is 11.8. The summed E-state index contributed by atoms with van der Waals surface area (Å²) >= 11 is 0. The Morgan fingerprint density at radius 2 is 1.35 bits per heavy atom. The molecule has 0 saturated carbocycles. The molecule has 0 aliphatic rings. The van der Waals surface area contributed by atoms with E-state index in [9.17, 15) is 36.3 Å². The van der Waals surface area contributed by atoms with Gasteiger partial charge in [-0.2, -0.15) is 21.6 Å². The van der Waals surface area contributed by atoms with Gasteiger partial charge >= 0.3 is 27.6 Å². The molecule has 0 bridgehead atoms. The fraction of sp³-hybridized carbons (Fsp3) is 0.217. The first-order valence-electron chi connectivity index (χ1n) is 10.4. The third-order valence-electron chi connectivity index (χ3n) is 4.59. The second-order valence-corrected chi connectivity index (χ2v) is 8.60. The normalized spacial score (nSPS) is 11.6. The molecule has 4 aromatic rings. The zero-order valence-electron chi connectivity index (χ0n) is 19.2. The molecule has 1 N–H and O–H groups in total. The first-order chi connectivity index (χ1) is 17.4. The molecule has 4 rings (SSSR count). The molecule has 0 aliphatic heterocycles. The molecule has 198 valence electrons. The molecule has 0 aliphatic carbocycles. The van der Waals surface area contributed by atoms with Crippen molar-refractivity contribution in [3.05, 3.63) is 60.1 Å². The quantitative estimate of drug-likeness (QED) is 0.197. The second kappa shape index (κ2) is 10.8. The highest BCUT2D eigenvalue weighted by molar-refractivity contribution is 7.88. The maximum atomic E-state index is 12.2. The smallest absolute Gasteiger partial charge is 0.508 e. The van der Waals surface area contributed by atoms with Crippen molar-refractivity contribution in [3.8, 4) is 11.5 Å². The fourth-order valence-corrected chi connectivity index (χ4v) is 3.44. The molecular weight excluding hydrogens is 525 g/mol. The summed E-state index contributed by atoms with van der Waals surface area (Å²) in [7, 11) is -5.77. The highest BCUT2D eigenvalue weighted by atomic mass is 32.2. The van der Waals surface area contributed by atoms with E-state index in [1.165, 1.54) is 24.5 Å². The fourth-order valence-electron chi connectivity index (χ4n) is 2.99. The number of esters is 2. The van der Waals surface area contributed by atoms with Crippen LogP contribution in [0.5, 0.6) is 11.5 Å². The van der Waals surface area contributed by atoms with E-state index in [2.05, 4.69) is 4.18 Å². The Kier molecular flexibility index (Phi) is 8.01. The molecule has 2 heterocycles. The Morgan fingerprint density at radius 1 is 0.865 bits per heavy atom. The van der Waals surface area contributed by atoms with Gasteiger partial charge in [-0.05, 0) is 38.1 Å². The molecular formula is C23H19F3O10S. The average Bonchev–Trinajstić information content (AvgIpc) is 3.42. The van der Waals surface area contributed by atoms with Crippen LogP contribution in [0, 0.1) is 0 Å². The number of hydrogen-bond acceptors (Lipinski definition) is 10. The Bertz CT molecular complexity index is 1530. The maximum absolute atomic E-state index is 12.2. The first kappa shape index (κ1) is 27.4. The summed E-state index contributed by atoms with van der Waals surface area (Å²) in [5.74, 6) is -1.57. The number of carbonyl (C=O) groups excluding carboxylic acids is 2. The number of phenols is 1. The number of ether oxygens (including phenoxy) is 2. The van der Waals surface area contributed by atoms with Gasteiger partial charge < -0.3 is 27.6 Å². The highest BCUT2D eigenvalue weighted by Gasteiger charge is 2.48. The number of carbonyl (C=O) groups is 2. The molecule has 0 saturated heterocycles. The van der Waals surface area contributed by atoms with E-state index < -0.39 is 33.3 Å². The number of alkyl halides is 3. The van der Waals surface area contributed by atoms with Gasteiger partial charge in [0.15, 0.2) is 0 Å². The monoisotopic (exact) mass is 544 g/mol. The van der Waals surface area contributed by atoms with Gasteiger partial charge in [-0.1, -0.05) is 0 Å². The number of benzene rings is 2. The van der Waals surface area contributed by atoms with Crippen molar-refractivity contribution < 1.29 is 58.8 Å². The van der Waals surface area contributed by atoms with Crippen molar-refractivity contribution in [2.45, 2.75) is 19.4 Å². The lowest BCUT2D eigenvalue weighted by Gasteiger charge is -2.09. The van der Waals surface area contributed by atoms with Gasteiger partial charge in [0.2, 0.25) is 0 Å². The molecule has 37 heavy (non-hydrogen) atoms. The average molecular weight is 544 g/mol. The van der Waals surface area contributed by atoms with Crippen LogP contribution in [0.1, 0.15) is 34.6 Å². The minimum atomic E-state index is -5.77. The van der Waals surface area contributed by atoms with E-state index in [4.69, 9.17) is 18.3 Å². The third-order valence-corrected chi connectivity index (χ3v) is 5.57. The van der Waals surface area contributed by atoms with Crippen LogP contribution in [0.25, 0.3) is 21.9 Å². The predicted octanol–water partition coefficient (Wildman–Crippen LogP) is 5.15. The number of hydrogen-bond donors (Lipinski definition) is 1. The zero-order chi connectivity index (χ0) is 27.4. The number of fused-ring (bicyclic) bond motifs is 2. The lowest BCUT2D eigenvalue weighted by molar-refractivity contribution is -0.0500. The SMILES string of the molecule is CCOC(=O)c1coc2cc(O)ccc12.CCOC(=O)c1coc2cc(OS(=O)(=O)C(F)(F)F)ccc12. The lowest BCUT2D eigenvalue weighted by Crippen LogP contribution is -2.28. The number of aromatic hydroxyl groups is 1. The van der Waals surface area contributed by atoms with E-state index >= 15 is 0 Å². The maximum Gasteiger partial charge on any atom is 0.534 e. The topological polar surface area (TPSA) is 142 Å². The van der Waals surface area contributed by atoms with E-state index in [0.717, 1.165) is 18.4 Å². The number of phenolic OH excluding ortho intramolecular Hbond substituents is 1. The minimum absolute atomic E-state index is 0.0158. The zero-order valence-corrected chi connectivity index (χ0v) is 20.0. The lowest BCUT2D eigenvalue weighted by atomic mass is 10.2. The van der Waals surface area contributed by atoms with Crippen LogP contribution < -0.4 is 4.18 Å². The van der Waals surface area contributed by atoms with Gasteiger partial charge in [0.25, 0.3) is 0 Å². The molecule has 0 fully saturated rings. The summed E-state index contributed by atoms with van der Waals surface area (Å²) in [5, 5.41) is 10.1. The van der Waals surface area contributed by atoms with Crippen molar-refractivity contribution >= 4 is 44.0 Å². The molecule has 10 nitrogen and oxygen atoms in total. The Labute approximate surface area is 207 Å². The Morgan fingerprint density at radius 3 is 1.84 bits per heavy atom. The van der Waals surface area contributed by atoms with Crippen LogP contribution in [-0.2, 0) is 19.6 Å². The molecule has 0 radical (unpaired) electrons. The molecule has 14 heteroatoms. The van der Waals surface area contributed by atoms with E-state index in [-0.39, 0.29) is 28.9 Å². The van der Waals surface area contributed by atoms with Crippen LogP contribution >= 0.6 is 0 Å². The van der Waals surface area contributed by atoms with Crippen molar-refractivity contribution in [1.82, 2.24) is 0 Å². The van der Waals surface area contributed by atoms with Crippen molar-refractivity contribution in [3.63, 3.8) is 0 Å². The Balaban J connectivity index is 0.000000220. The van der Waals surface area contributed by atoms with Crippen molar-refractivity contribution in [1.29, 1.82) is 0 Å². The van der Waals surface area contributed by atoms with Crippen LogP contribution in [-0.4, -0.2) is 44.2 Å². The van der Waals surface area contributed by atoms with E-state index in [0.29, 0.717) is 23.1 Å². The number of rotatable bonds is 6. The summed E-state index contributed by atoms with van der Waals surface area (Å²) < 4.78 is 82.2. The van der Waals surface area contributed by atoms with Crippen molar-refractivity contribution in [2.24, 2.45) is 0 Å². The summed E-state index contributed by atoms with van der Waals surface area (Å²) in [6, 6.07) is 7.69. The largest absolute Gasteiger partial charge is 0.534 e. The predicted molar refractivity (Wildman–Crippen MR) is 122 cm³/mol. The van der Waals surface area contributed by atoms with Crippen LogP contribution in [0.4, 0.5) is 13.2 Å². The molecule has 0 spiro atoms. The summed E-state index contributed by atoms with van der Waals surface area (Å²) in [4.78, 5) is 23.1. The van der Waals surface area contributed by atoms with Crippen LogP contribution in [0.3, 0.4) is 0 Å². The molecule has 2 aromatic heterocycles. The van der Waals surface area contributed by atoms with Gasteiger partial charge in [-0.3, -0.25) is 0 Å². The molecule has 0 atom stereocenters. The summed E-state index contributed by atoms with van der Waals surface area (Å²) in [6.07, 6.45) is 2.40. The third kappa shape index (κ3) is 6.14. The van der Waals surface area contributed by atoms with E-state index in [1.807, 2.05) is 0 Å². The van der Waals surface area contributed by atoms with Gasteiger partial charge in [0, 0.05) is 22.9 Å². The van der Waals surface area contributed by atoms with Crippen LogP contribution in [0.2, 0.25) is 0 Å². The molecule has 0 amide bonds. The summed E-state index contributed by atoms with van der Waals surface area (Å²) in [6.45, 7) is 3.81. The van der Waals surface area contributed by atoms with Gasteiger partial charge in [-0.25, -0.2) is 9.59 Å². The number of furan rings is 2. The van der Waals surface area contributed by atoms with Crippen molar-refractivity contribution in [2.75, 3.05) is 13.2 Å². The minimum Gasteiger partial charge on any atom is -0.508 e. The van der Waals surface area contributed by atoms with Crippen LogP contribution in [0.15, 0.2) is 57.8 Å². The summed E-state index contributed by atoms with van der Waals surface area (Å²) in [5.41, 5.74) is -4.63. The number of halogens is 3. The Hall–Kier alpha value is -4.20. The van der Waals surface area contributed by atoms with Gasteiger partial charge in [0.05, 0.1) is 13.2 Å². The van der Waals surface area contributed by atoms with E-state index in [1.54, 1.807) is 19.9 Å². The second-order valence-electron chi connectivity index (χ2n) is 7.06. The highest BCUT2D eigenvalue weighted by Crippen LogP contribution is 2.31. The van der Waals surface area contributed by atoms with Gasteiger partial charge in [-0.15, -0.1) is 0 Å². The van der Waals surface area contributed by atoms with Gasteiger partial charge in [0.1, 0.15) is 46.3 Å². The molecule has 2 aromatic carbocycles. The molecule has 0 unspecified atom stereocenters.